The lowest BCUT2D eigenvalue weighted by molar-refractivity contribution is -0.128. The van der Waals surface area contributed by atoms with Gasteiger partial charge in [-0.25, -0.2) is 0 Å². The predicted octanol–water partition coefficient (Wildman–Crippen LogP) is 4.91. The summed E-state index contributed by atoms with van der Waals surface area (Å²) < 4.78 is 5.92. The molecule has 0 saturated carbocycles. The monoisotopic (exact) mass is 402 g/mol. The molecule has 0 aliphatic carbocycles. The van der Waals surface area contributed by atoms with Crippen molar-refractivity contribution in [3.05, 3.63) is 72.1 Å². The maximum Gasteiger partial charge on any atom is 0.222 e. The minimum Gasteiger partial charge on any atom is -0.494 e. The molecule has 0 aliphatic heterocycles. The molecule has 0 spiro atoms. The Morgan fingerprint density at radius 3 is 2.47 bits per heavy atom. The van der Waals surface area contributed by atoms with Gasteiger partial charge in [0.05, 0.1) is 6.61 Å². The van der Waals surface area contributed by atoms with Gasteiger partial charge in [-0.15, -0.1) is 12.8 Å². The van der Waals surface area contributed by atoms with Gasteiger partial charge in [-0.2, -0.15) is 0 Å². The number of benzene rings is 2. The van der Waals surface area contributed by atoms with E-state index in [0.29, 0.717) is 6.42 Å². The molecular weight excluding hydrogens is 372 g/mol. The Labute approximate surface area is 179 Å². The Morgan fingerprint density at radius 2 is 1.73 bits per heavy atom. The first-order valence-electron chi connectivity index (χ1n) is 10.2. The minimum atomic E-state index is 0.160. The van der Waals surface area contributed by atoms with Gasteiger partial charge in [0, 0.05) is 32.9 Å². The smallest absolute Gasteiger partial charge is 0.222 e. The molecule has 0 fully saturated rings. The summed E-state index contributed by atoms with van der Waals surface area (Å²) in [4.78, 5) is 17.5. The second-order valence-electron chi connectivity index (χ2n) is 7.30. The number of ether oxygens (including phenoxy) is 1. The van der Waals surface area contributed by atoms with Crippen molar-refractivity contribution in [3.63, 3.8) is 0 Å². The number of fused-ring (bicyclic) bond motifs is 1. The summed E-state index contributed by atoms with van der Waals surface area (Å²) in [6, 6.07) is 16.7. The fourth-order valence-electron chi connectivity index (χ4n) is 3.16. The van der Waals surface area contributed by atoms with E-state index in [0.717, 1.165) is 43.4 Å². The van der Waals surface area contributed by atoms with Crippen LogP contribution in [0.25, 0.3) is 10.8 Å². The van der Waals surface area contributed by atoms with Gasteiger partial charge in [-0.3, -0.25) is 9.78 Å². The van der Waals surface area contributed by atoms with Gasteiger partial charge in [0.15, 0.2) is 0 Å². The van der Waals surface area contributed by atoms with Gasteiger partial charge < -0.3 is 9.64 Å². The third-order valence-electron chi connectivity index (χ3n) is 4.85. The molecule has 4 nitrogen and oxygen atoms in total. The average Bonchev–Trinajstić information content (AvgIpc) is 2.79. The fraction of sp³-hybridized carbons (Fsp3) is 0.308. The summed E-state index contributed by atoms with van der Waals surface area (Å²) in [5, 5.41) is 2.34. The second kappa shape index (κ2) is 12.3. The third-order valence-corrected chi connectivity index (χ3v) is 4.85. The van der Waals surface area contributed by atoms with E-state index in [-0.39, 0.29) is 5.91 Å². The van der Waals surface area contributed by atoms with Crippen LogP contribution in [0.3, 0.4) is 0 Å². The van der Waals surface area contributed by atoms with Crippen LogP contribution in [0.2, 0.25) is 0 Å². The van der Waals surface area contributed by atoms with Crippen molar-refractivity contribution < 1.29 is 9.53 Å². The molecule has 4 heteroatoms. The zero-order chi connectivity index (χ0) is 21.8. The van der Waals surface area contributed by atoms with E-state index < -0.39 is 0 Å². The summed E-state index contributed by atoms with van der Waals surface area (Å²) in [5.74, 6) is 1.07. The number of rotatable bonds is 9. The van der Waals surface area contributed by atoms with Crippen LogP contribution in [0.15, 0.2) is 60.9 Å². The Kier molecular flexibility index (Phi) is 9.40. The summed E-state index contributed by atoms with van der Waals surface area (Å²) in [6.07, 6.45) is 16.2. The quantitative estimate of drug-likeness (QED) is 0.377. The van der Waals surface area contributed by atoms with E-state index >= 15 is 0 Å². The fourth-order valence-corrected chi connectivity index (χ4v) is 3.16. The molecule has 0 N–H and O–H groups in total. The second-order valence-corrected chi connectivity index (χ2v) is 7.30. The van der Waals surface area contributed by atoms with Crippen LogP contribution < -0.4 is 4.74 Å². The van der Waals surface area contributed by atoms with Crippen LogP contribution in [0.1, 0.15) is 30.4 Å². The highest BCUT2D eigenvalue weighted by Gasteiger charge is 2.05. The molecule has 2 aromatic carbocycles. The number of carbonyl (C=O) groups excluding carboxylic acids is 1. The van der Waals surface area contributed by atoms with Gasteiger partial charge in [0.2, 0.25) is 5.91 Å². The first-order valence-corrected chi connectivity index (χ1v) is 10.2. The van der Waals surface area contributed by atoms with Crippen LogP contribution in [0, 0.1) is 12.8 Å². The highest BCUT2D eigenvalue weighted by molar-refractivity contribution is 5.84. The van der Waals surface area contributed by atoms with Crippen molar-refractivity contribution in [2.24, 2.45) is 0 Å². The normalized spacial score (nSPS) is 10.1. The molecule has 0 radical (unpaired) electrons. The van der Waals surface area contributed by atoms with Crippen molar-refractivity contribution in [2.45, 2.75) is 32.1 Å². The summed E-state index contributed by atoms with van der Waals surface area (Å²) >= 11 is 0. The molecular formula is C26H30N2O2. The number of aromatic nitrogens is 1. The molecule has 0 saturated heterocycles. The predicted molar refractivity (Wildman–Crippen MR) is 124 cm³/mol. The maximum atomic E-state index is 11.8. The number of hydrogen-bond acceptors (Lipinski definition) is 3. The van der Waals surface area contributed by atoms with Crippen LogP contribution in [-0.2, 0) is 17.6 Å². The van der Waals surface area contributed by atoms with Crippen molar-refractivity contribution >= 4 is 16.7 Å². The SMILES string of the molecule is C#C.CN(C)C(=O)CCc1ccc2cc(OCCCCc3cccnc3)ccc2c1. The summed E-state index contributed by atoms with van der Waals surface area (Å²) in [5.41, 5.74) is 2.46. The highest BCUT2D eigenvalue weighted by Crippen LogP contribution is 2.23. The first-order chi connectivity index (χ1) is 14.6. The van der Waals surface area contributed by atoms with Crippen molar-refractivity contribution in [1.29, 1.82) is 0 Å². The summed E-state index contributed by atoms with van der Waals surface area (Å²) in [6.45, 7) is 0.719. The van der Waals surface area contributed by atoms with Gasteiger partial charge in [-0.05, 0) is 65.8 Å². The van der Waals surface area contributed by atoms with Crippen molar-refractivity contribution in [3.8, 4) is 18.6 Å². The van der Waals surface area contributed by atoms with Gasteiger partial charge in [-0.1, -0.05) is 30.3 Å². The van der Waals surface area contributed by atoms with E-state index in [1.807, 2.05) is 18.3 Å². The zero-order valence-corrected chi connectivity index (χ0v) is 17.9. The average molecular weight is 403 g/mol. The molecule has 156 valence electrons. The number of hydrogen-bond donors (Lipinski definition) is 0. The number of terminal acetylenes is 1. The molecule has 0 aliphatic rings. The molecule has 1 aromatic heterocycles. The van der Waals surface area contributed by atoms with Crippen LogP contribution in [0.5, 0.6) is 5.75 Å². The lowest BCUT2D eigenvalue weighted by Crippen LogP contribution is -2.21. The zero-order valence-electron chi connectivity index (χ0n) is 17.9. The lowest BCUT2D eigenvalue weighted by Gasteiger charge is -2.11. The molecule has 1 heterocycles. The van der Waals surface area contributed by atoms with E-state index in [4.69, 9.17) is 4.74 Å². The number of aryl methyl sites for hydroxylation is 2. The molecule has 3 aromatic rings. The molecule has 1 amide bonds. The van der Waals surface area contributed by atoms with Gasteiger partial charge >= 0.3 is 0 Å². The number of unbranched alkanes of at least 4 members (excludes halogenated alkanes) is 1. The summed E-state index contributed by atoms with van der Waals surface area (Å²) in [7, 11) is 3.59. The van der Waals surface area contributed by atoms with Gasteiger partial charge in [0.25, 0.3) is 0 Å². The molecule has 0 atom stereocenters. The number of pyridine rings is 1. The molecule has 30 heavy (non-hydrogen) atoms. The molecule has 0 unspecified atom stereocenters. The lowest BCUT2D eigenvalue weighted by atomic mass is 10.0. The van der Waals surface area contributed by atoms with E-state index in [9.17, 15) is 4.79 Å². The molecule has 0 bridgehead atoms. The van der Waals surface area contributed by atoms with Crippen molar-refractivity contribution in [2.75, 3.05) is 20.7 Å². The Morgan fingerprint density at radius 1 is 0.967 bits per heavy atom. The Balaban J connectivity index is 0.00000155. The Hall–Kier alpha value is -3.32. The third kappa shape index (κ3) is 7.25. The minimum absolute atomic E-state index is 0.160. The number of amides is 1. The maximum absolute atomic E-state index is 11.8. The van der Waals surface area contributed by atoms with E-state index in [1.54, 1.807) is 25.2 Å². The van der Waals surface area contributed by atoms with E-state index in [2.05, 4.69) is 54.2 Å². The van der Waals surface area contributed by atoms with E-state index in [1.165, 1.54) is 16.5 Å². The number of carbonyl (C=O) groups is 1. The highest BCUT2D eigenvalue weighted by atomic mass is 16.5. The van der Waals surface area contributed by atoms with Gasteiger partial charge in [0.1, 0.15) is 5.75 Å². The standard InChI is InChI=1S/C24H28N2O2.C2H2/c1-26(2)24(27)13-9-19-8-10-22-17-23(12-11-21(22)16-19)28-15-4-3-6-20-7-5-14-25-18-20;1-2/h5,7-8,10-12,14,16-18H,3-4,6,9,13,15H2,1-2H3;1-2H. The van der Waals surface area contributed by atoms with Crippen LogP contribution in [0.4, 0.5) is 0 Å². The van der Waals surface area contributed by atoms with Crippen LogP contribution >= 0.6 is 0 Å². The number of nitrogens with zero attached hydrogens (tertiary/aromatic N) is 2. The molecule has 3 rings (SSSR count). The largest absolute Gasteiger partial charge is 0.494 e. The van der Waals surface area contributed by atoms with Crippen LogP contribution in [-0.4, -0.2) is 36.5 Å². The Bertz CT molecular complexity index is 949. The van der Waals surface area contributed by atoms with Crippen molar-refractivity contribution in [1.82, 2.24) is 9.88 Å². The topological polar surface area (TPSA) is 42.4 Å². The first kappa shape index (κ1) is 23.0.